The third-order valence-electron chi connectivity index (χ3n) is 3.99. The Hall–Kier alpha value is -2.87. The molecule has 0 saturated heterocycles. The van der Waals surface area contributed by atoms with Crippen molar-refractivity contribution in [2.24, 2.45) is 0 Å². The monoisotopic (exact) mass is 393 g/mol. The van der Waals surface area contributed by atoms with Crippen molar-refractivity contribution in [1.29, 1.82) is 0 Å². The molecule has 8 nitrogen and oxygen atoms in total. The highest BCUT2D eigenvalue weighted by Gasteiger charge is 2.19. The lowest BCUT2D eigenvalue weighted by Gasteiger charge is -2.13. The molecule has 0 atom stereocenters. The molecule has 1 N–H and O–H groups in total. The summed E-state index contributed by atoms with van der Waals surface area (Å²) in [6.07, 6.45) is 0. The molecule has 144 valence electrons. The minimum absolute atomic E-state index is 0.0179. The van der Waals surface area contributed by atoms with Crippen LogP contribution in [0.3, 0.4) is 0 Å². The lowest BCUT2D eigenvalue weighted by atomic mass is 10.2. The summed E-state index contributed by atoms with van der Waals surface area (Å²) in [6, 6.07) is 5.58. The summed E-state index contributed by atoms with van der Waals surface area (Å²) in [5, 5.41) is 13.2. The second-order valence-corrected chi connectivity index (χ2v) is 6.70. The predicted molar refractivity (Wildman–Crippen MR) is 101 cm³/mol. The van der Waals surface area contributed by atoms with Crippen molar-refractivity contribution in [2.45, 2.75) is 33.7 Å². The van der Waals surface area contributed by atoms with Gasteiger partial charge in [0.2, 0.25) is 0 Å². The highest BCUT2D eigenvalue weighted by molar-refractivity contribution is 6.34. The first kappa shape index (κ1) is 20.4. The van der Waals surface area contributed by atoms with Gasteiger partial charge in [0.1, 0.15) is 0 Å². The number of anilines is 1. The highest BCUT2D eigenvalue weighted by atomic mass is 35.5. The molecule has 0 aliphatic carbocycles. The van der Waals surface area contributed by atoms with Gasteiger partial charge in [-0.3, -0.25) is 14.9 Å². The average molecular weight is 394 g/mol. The lowest BCUT2D eigenvalue weighted by molar-refractivity contribution is -0.384. The van der Waals surface area contributed by atoms with Crippen LogP contribution in [0.15, 0.2) is 24.3 Å². The van der Waals surface area contributed by atoms with Gasteiger partial charge in [0.15, 0.2) is 6.61 Å². The van der Waals surface area contributed by atoms with E-state index in [1.54, 1.807) is 6.07 Å². The van der Waals surface area contributed by atoms with Gasteiger partial charge in [-0.25, -0.2) is 4.79 Å². The first-order chi connectivity index (χ1) is 12.6. The fraction of sp³-hybridized carbons (Fsp3) is 0.333. The van der Waals surface area contributed by atoms with Crippen LogP contribution in [-0.4, -0.2) is 28.0 Å². The Morgan fingerprint density at radius 1 is 1.30 bits per heavy atom. The Bertz CT molecular complexity index is 905. The van der Waals surface area contributed by atoms with Crippen molar-refractivity contribution < 1.29 is 19.2 Å². The summed E-state index contributed by atoms with van der Waals surface area (Å²) in [5.74, 6) is -1.20. The van der Waals surface area contributed by atoms with E-state index in [4.69, 9.17) is 16.3 Å². The summed E-state index contributed by atoms with van der Waals surface area (Å²) >= 11 is 5.92. The molecular formula is C18H20ClN3O5. The van der Waals surface area contributed by atoms with E-state index in [0.29, 0.717) is 5.56 Å². The van der Waals surface area contributed by atoms with Crippen molar-refractivity contribution in [3.05, 3.63) is 56.4 Å². The number of ether oxygens (including phenoxy) is 1. The predicted octanol–water partition coefficient (Wildman–Crippen LogP) is 4.04. The molecule has 2 aromatic rings. The third-order valence-corrected chi connectivity index (χ3v) is 4.31. The number of carbonyl (C=O) groups is 2. The molecule has 0 unspecified atom stereocenters. The number of amides is 1. The summed E-state index contributed by atoms with van der Waals surface area (Å²) in [6.45, 7) is 7.23. The number of esters is 1. The number of nitro benzene ring substituents is 1. The number of rotatable bonds is 6. The van der Waals surface area contributed by atoms with Crippen LogP contribution in [0.4, 0.5) is 11.4 Å². The minimum Gasteiger partial charge on any atom is -0.452 e. The van der Waals surface area contributed by atoms with Crippen LogP contribution in [0.25, 0.3) is 0 Å². The second-order valence-electron chi connectivity index (χ2n) is 6.29. The third kappa shape index (κ3) is 4.65. The van der Waals surface area contributed by atoms with Gasteiger partial charge in [0.05, 0.1) is 21.2 Å². The first-order valence-electron chi connectivity index (χ1n) is 8.21. The van der Waals surface area contributed by atoms with Gasteiger partial charge < -0.3 is 14.6 Å². The molecule has 27 heavy (non-hydrogen) atoms. The van der Waals surface area contributed by atoms with Crippen LogP contribution in [0.1, 0.15) is 41.6 Å². The standard InChI is InChI=1S/C18H20ClN3O5/c1-10(2)21-11(3)7-14(12(21)4)18(24)27-9-17(23)20-16-6-5-13(22(25)26)8-15(16)19/h5-8,10H,9H2,1-4H3,(H,20,23). The van der Waals surface area contributed by atoms with Gasteiger partial charge >= 0.3 is 5.97 Å². The molecule has 1 heterocycles. The Balaban J connectivity index is 2.01. The van der Waals surface area contributed by atoms with E-state index < -0.39 is 23.4 Å². The maximum absolute atomic E-state index is 12.3. The van der Waals surface area contributed by atoms with Gasteiger partial charge in [-0.05, 0) is 39.8 Å². The SMILES string of the molecule is Cc1cc(C(=O)OCC(=O)Nc2ccc([N+](=O)[O-])cc2Cl)c(C)n1C(C)C. The minimum atomic E-state index is -0.600. The summed E-state index contributed by atoms with van der Waals surface area (Å²) in [7, 11) is 0. The van der Waals surface area contributed by atoms with Crippen LogP contribution >= 0.6 is 11.6 Å². The van der Waals surface area contributed by atoms with Crippen molar-refractivity contribution in [1.82, 2.24) is 4.57 Å². The van der Waals surface area contributed by atoms with Crippen LogP contribution in [0.5, 0.6) is 0 Å². The molecule has 0 fully saturated rings. The van der Waals surface area contributed by atoms with Gasteiger partial charge in [-0.15, -0.1) is 0 Å². The van der Waals surface area contributed by atoms with Crippen molar-refractivity contribution in [3.63, 3.8) is 0 Å². The molecule has 0 saturated carbocycles. The molecule has 0 aliphatic heterocycles. The number of non-ortho nitro benzene ring substituents is 1. The van der Waals surface area contributed by atoms with Gasteiger partial charge in [-0.1, -0.05) is 11.6 Å². The van der Waals surface area contributed by atoms with Gasteiger partial charge in [-0.2, -0.15) is 0 Å². The van der Waals surface area contributed by atoms with E-state index in [0.717, 1.165) is 17.5 Å². The van der Waals surface area contributed by atoms with Crippen LogP contribution in [0, 0.1) is 24.0 Å². The Labute approximate surface area is 161 Å². The lowest BCUT2D eigenvalue weighted by Crippen LogP contribution is -2.21. The van der Waals surface area contributed by atoms with Crippen molar-refractivity contribution >= 4 is 34.9 Å². The number of nitro groups is 1. The van der Waals surface area contributed by atoms with E-state index in [2.05, 4.69) is 5.32 Å². The maximum atomic E-state index is 12.3. The van der Waals surface area contributed by atoms with Gasteiger partial charge in [0.25, 0.3) is 11.6 Å². The topological polar surface area (TPSA) is 103 Å². The smallest absolute Gasteiger partial charge is 0.340 e. The molecule has 1 amide bonds. The summed E-state index contributed by atoms with van der Waals surface area (Å²) in [4.78, 5) is 34.4. The molecule has 0 aliphatic rings. The normalized spacial score (nSPS) is 10.7. The Kier molecular flexibility index (Phi) is 6.22. The fourth-order valence-corrected chi connectivity index (χ4v) is 3.11. The molecule has 1 aromatic carbocycles. The Morgan fingerprint density at radius 2 is 1.96 bits per heavy atom. The van der Waals surface area contributed by atoms with Crippen LogP contribution < -0.4 is 5.32 Å². The number of aromatic nitrogens is 1. The van der Waals surface area contributed by atoms with Crippen molar-refractivity contribution in [2.75, 3.05) is 11.9 Å². The summed E-state index contributed by atoms with van der Waals surface area (Å²) in [5.41, 5.74) is 2.11. The average Bonchev–Trinajstić information content (AvgIpc) is 2.89. The Morgan fingerprint density at radius 3 is 2.48 bits per heavy atom. The van der Waals surface area contributed by atoms with E-state index in [1.807, 2.05) is 32.3 Å². The zero-order valence-corrected chi connectivity index (χ0v) is 16.2. The molecule has 0 bridgehead atoms. The van der Waals surface area contributed by atoms with Crippen LogP contribution in [-0.2, 0) is 9.53 Å². The highest BCUT2D eigenvalue weighted by Crippen LogP contribution is 2.26. The molecule has 0 spiro atoms. The number of hydrogen-bond donors (Lipinski definition) is 1. The molecule has 2 rings (SSSR count). The van der Waals surface area contributed by atoms with E-state index in [9.17, 15) is 19.7 Å². The molecular weight excluding hydrogens is 374 g/mol. The van der Waals surface area contributed by atoms with Gasteiger partial charge in [0, 0.05) is 29.6 Å². The quantitative estimate of drug-likeness (QED) is 0.453. The maximum Gasteiger partial charge on any atom is 0.340 e. The van der Waals surface area contributed by atoms with E-state index >= 15 is 0 Å². The summed E-state index contributed by atoms with van der Waals surface area (Å²) < 4.78 is 7.08. The molecule has 0 radical (unpaired) electrons. The fourth-order valence-electron chi connectivity index (χ4n) is 2.89. The number of hydrogen-bond acceptors (Lipinski definition) is 5. The second kappa shape index (κ2) is 8.22. The first-order valence-corrected chi connectivity index (χ1v) is 8.59. The molecule has 9 heteroatoms. The zero-order chi connectivity index (χ0) is 20.3. The number of carbonyl (C=O) groups excluding carboxylic acids is 2. The number of aryl methyl sites for hydroxylation is 1. The van der Waals surface area contributed by atoms with E-state index in [1.165, 1.54) is 12.1 Å². The van der Waals surface area contributed by atoms with Crippen molar-refractivity contribution in [3.8, 4) is 0 Å². The number of benzene rings is 1. The van der Waals surface area contributed by atoms with E-state index in [-0.39, 0.29) is 22.4 Å². The van der Waals surface area contributed by atoms with Crippen LogP contribution in [0.2, 0.25) is 5.02 Å². The number of halogens is 1. The number of nitrogens with zero attached hydrogens (tertiary/aromatic N) is 2. The largest absolute Gasteiger partial charge is 0.452 e. The molecule has 1 aromatic heterocycles. The number of nitrogens with one attached hydrogen (secondary N) is 1. The zero-order valence-electron chi connectivity index (χ0n) is 15.4.